The van der Waals surface area contributed by atoms with Gasteiger partial charge in [-0.2, -0.15) is 5.26 Å². The fraction of sp³-hybridized carbons (Fsp3) is 0.350. The second kappa shape index (κ2) is 7.70. The lowest BCUT2D eigenvalue weighted by molar-refractivity contribution is 0.319. The summed E-state index contributed by atoms with van der Waals surface area (Å²) in [7, 11) is 0. The summed E-state index contributed by atoms with van der Waals surface area (Å²) in [5.41, 5.74) is 3.16. The number of halogens is 1. The van der Waals surface area contributed by atoms with Gasteiger partial charge in [-0.1, -0.05) is 23.9 Å². The number of fused-ring (bicyclic) bond motifs is 2. The molecule has 0 radical (unpaired) electrons. The van der Waals surface area contributed by atoms with Gasteiger partial charge in [-0.3, -0.25) is 0 Å². The van der Waals surface area contributed by atoms with Crippen LogP contribution in [0.25, 0.3) is 0 Å². The number of hydrogen-bond donors (Lipinski definition) is 0. The molecule has 1 fully saturated rings. The molecule has 0 saturated carbocycles. The minimum Gasteiger partial charge on any atom is -0.335 e. The van der Waals surface area contributed by atoms with E-state index in [1.54, 1.807) is 11.8 Å². The molecular formula is C20H22ClN3S. The highest BCUT2D eigenvalue weighted by molar-refractivity contribution is 7.99. The summed E-state index contributed by atoms with van der Waals surface area (Å²) in [5.74, 6) is 0. The highest BCUT2D eigenvalue weighted by Gasteiger charge is 2.28. The quantitative estimate of drug-likeness (QED) is 0.753. The smallest absolute Gasteiger partial charge is 0.0992 e. The van der Waals surface area contributed by atoms with Crippen LogP contribution in [-0.4, -0.2) is 30.6 Å². The van der Waals surface area contributed by atoms with Crippen molar-refractivity contribution in [2.24, 2.45) is 0 Å². The number of rotatable bonds is 3. The fourth-order valence-corrected chi connectivity index (χ4v) is 4.80. The topological polar surface area (TPSA) is 30.3 Å². The van der Waals surface area contributed by atoms with Gasteiger partial charge in [-0.05, 0) is 63.2 Å². The standard InChI is InChI=1S/C20H21N3S.ClH/c1-15(14-22-10-4-5-11-22)23-17-6-2-3-7-19(17)24-20-9-8-16(13-21)12-18(20)23;/h2-3,6-9,12,15H,4-5,10-11,14H2,1H3;1H. The van der Waals surface area contributed by atoms with Crippen molar-refractivity contribution in [2.45, 2.75) is 35.6 Å². The van der Waals surface area contributed by atoms with Gasteiger partial charge in [-0.25, -0.2) is 0 Å². The lowest BCUT2D eigenvalue weighted by Crippen LogP contribution is -2.40. The molecule has 0 aromatic heterocycles. The van der Waals surface area contributed by atoms with Crippen LogP contribution in [0.3, 0.4) is 0 Å². The molecule has 1 unspecified atom stereocenters. The van der Waals surface area contributed by atoms with Crippen molar-refractivity contribution in [3.63, 3.8) is 0 Å². The van der Waals surface area contributed by atoms with Crippen molar-refractivity contribution in [1.29, 1.82) is 5.26 Å². The van der Waals surface area contributed by atoms with Crippen molar-refractivity contribution in [1.82, 2.24) is 4.90 Å². The molecule has 0 spiro atoms. The second-order valence-corrected chi connectivity index (χ2v) is 7.67. The average molecular weight is 372 g/mol. The van der Waals surface area contributed by atoms with E-state index >= 15 is 0 Å². The van der Waals surface area contributed by atoms with E-state index in [1.165, 1.54) is 47.1 Å². The first kappa shape index (κ1) is 18.1. The molecule has 5 heteroatoms. The second-order valence-electron chi connectivity index (χ2n) is 6.59. The summed E-state index contributed by atoms with van der Waals surface area (Å²) in [6.07, 6.45) is 2.63. The number of hydrogen-bond acceptors (Lipinski definition) is 4. The molecule has 0 amide bonds. The van der Waals surface area contributed by atoms with Gasteiger partial charge in [0.2, 0.25) is 0 Å². The van der Waals surface area contributed by atoms with Gasteiger partial charge in [-0.15, -0.1) is 12.4 Å². The van der Waals surface area contributed by atoms with Crippen LogP contribution in [0.15, 0.2) is 52.3 Å². The Morgan fingerprint density at radius 3 is 2.56 bits per heavy atom. The monoisotopic (exact) mass is 371 g/mol. The molecule has 2 aromatic rings. The first-order valence-corrected chi connectivity index (χ1v) is 9.40. The number of anilines is 2. The summed E-state index contributed by atoms with van der Waals surface area (Å²) >= 11 is 1.80. The number of likely N-dealkylation sites (tertiary alicyclic amines) is 1. The highest BCUT2D eigenvalue weighted by Crippen LogP contribution is 2.49. The minimum atomic E-state index is 0. The van der Waals surface area contributed by atoms with Crippen LogP contribution < -0.4 is 4.90 Å². The Kier molecular flexibility index (Phi) is 5.58. The van der Waals surface area contributed by atoms with Crippen LogP contribution in [0.4, 0.5) is 11.4 Å². The SMILES string of the molecule is CC(CN1CCCC1)N1c2ccccc2Sc2ccc(C#N)cc21.Cl. The van der Waals surface area contributed by atoms with Crippen molar-refractivity contribution in [2.75, 3.05) is 24.5 Å². The number of nitrogens with zero attached hydrogens (tertiary/aromatic N) is 3. The Morgan fingerprint density at radius 2 is 1.80 bits per heavy atom. The predicted octanol–water partition coefficient (Wildman–Crippen LogP) is 5.07. The Labute approximate surface area is 160 Å². The fourth-order valence-electron chi connectivity index (χ4n) is 3.75. The van der Waals surface area contributed by atoms with E-state index in [-0.39, 0.29) is 12.4 Å². The highest BCUT2D eigenvalue weighted by atomic mass is 35.5. The lowest BCUT2D eigenvalue weighted by atomic mass is 10.1. The zero-order valence-electron chi connectivity index (χ0n) is 14.3. The van der Waals surface area contributed by atoms with Gasteiger partial charge in [0.1, 0.15) is 0 Å². The van der Waals surface area contributed by atoms with Crippen LogP contribution in [0, 0.1) is 11.3 Å². The Balaban J connectivity index is 0.00000182. The Morgan fingerprint density at radius 1 is 1.08 bits per heavy atom. The maximum atomic E-state index is 9.31. The molecule has 130 valence electrons. The van der Waals surface area contributed by atoms with E-state index in [9.17, 15) is 5.26 Å². The van der Waals surface area contributed by atoms with E-state index in [4.69, 9.17) is 0 Å². The largest absolute Gasteiger partial charge is 0.335 e. The molecular weight excluding hydrogens is 350 g/mol. The first-order chi connectivity index (χ1) is 11.8. The third-order valence-electron chi connectivity index (χ3n) is 4.85. The van der Waals surface area contributed by atoms with Crippen molar-refractivity contribution >= 4 is 35.5 Å². The first-order valence-electron chi connectivity index (χ1n) is 8.59. The van der Waals surface area contributed by atoms with E-state index in [1.807, 2.05) is 12.1 Å². The van der Waals surface area contributed by atoms with Crippen molar-refractivity contribution < 1.29 is 0 Å². The van der Waals surface area contributed by atoms with E-state index in [2.05, 4.69) is 53.1 Å². The molecule has 0 N–H and O–H groups in total. The summed E-state index contributed by atoms with van der Waals surface area (Å²) in [6.45, 7) is 5.78. The van der Waals surface area contributed by atoms with Crippen LogP contribution in [0.2, 0.25) is 0 Å². The van der Waals surface area contributed by atoms with Crippen LogP contribution in [-0.2, 0) is 0 Å². The maximum absolute atomic E-state index is 9.31. The molecule has 3 nitrogen and oxygen atoms in total. The van der Waals surface area contributed by atoms with Crippen LogP contribution in [0.1, 0.15) is 25.3 Å². The average Bonchev–Trinajstić information content (AvgIpc) is 3.12. The summed E-state index contributed by atoms with van der Waals surface area (Å²) in [5, 5.41) is 9.31. The van der Waals surface area contributed by atoms with E-state index in [0.717, 1.165) is 12.1 Å². The summed E-state index contributed by atoms with van der Waals surface area (Å²) < 4.78 is 0. The molecule has 25 heavy (non-hydrogen) atoms. The maximum Gasteiger partial charge on any atom is 0.0992 e. The molecule has 2 aliphatic heterocycles. The van der Waals surface area contributed by atoms with E-state index < -0.39 is 0 Å². The molecule has 2 aliphatic rings. The van der Waals surface area contributed by atoms with Gasteiger partial charge in [0.25, 0.3) is 0 Å². The minimum absolute atomic E-state index is 0. The third kappa shape index (κ3) is 3.50. The van der Waals surface area contributed by atoms with Gasteiger partial charge in [0.05, 0.1) is 23.0 Å². The number of nitriles is 1. The zero-order valence-corrected chi connectivity index (χ0v) is 15.9. The third-order valence-corrected chi connectivity index (χ3v) is 5.98. The molecule has 4 rings (SSSR count). The van der Waals surface area contributed by atoms with Gasteiger partial charge >= 0.3 is 0 Å². The van der Waals surface area contributed by atoms with Crippen LogP contribution in [0.5, 0.6) is 0 Å². The Hall–Kier alpha value is -1.67. The summed E-state index contributed by atoms with van der Waals surface area (Å²) in [4.78, 5) is 7.52. The number of benzene rings is 2. The zero-order chi connectivity index (χ0) is 16.5. The van der Waals surface area contributed by atoms with Gasteiger partial charge in [0, 0.05) is 22.4 Å². The predicted molar refractivity (Wildman–Crippen MR) is 106 cm³/mol. The molecule has 1 atom stereocenters. The van der Waals surface area contributed by atoms with E-state index in [0.29, 0.717) is 6.04 Å². The normalized spacial score (nSPS) is 17.2. The molecule has 1 saturated heterocycles. The summed E-state index contributed by atoms with van der Waals surface area (Å²) in [6, 6.07) is 17.3. The molecule has 2 aromatic carbocycles. The molecule has 0 aliphatic carbocycles. The molecule has 2 heterocycles. The Bertz CT molecular complexity index is 796. The van der Waals surface area contributed by atoms with Gasteiger partial charge < -0.3 is 9.80 Å². The van der Waals surface area contributed by atoms with Gasteiger partial charge in [0.15, 0.2) is 0 Å². The van der Waals surface area contributed by atoms with Crippen molar-refractivity contribution in [3.05, 3.63) is 48.0 Å². The number of para-hydroxylation sites is 1. The molecule has 0 bridgehead atoms. The van der Waals surface area contributed by atoms with Crippen LogP contribution >= 0.6 is 24.2 Å². The lowest BCUT2D eigenvalue weighted by Gasteiger charge is -2.38. The van der Waals surface area contributed by atoms with Crippen molar-refractivity contribution in [3.8, 4) is 6.07 Å².